The molecule has 0 saturated carbocycles. The van der Waals surface area contributed by atoms with Gasteiger partial charge in [-0.15, -0.1) is 0 Å². The lowest BCUT2D eigenvalue weighted by molar-refractivity contribution is -0.160. The van der Waals surface area contributed by atoms with E-state index in [1.807, 2.05) is 13.8 Å². The number of rotatable bonds is 3. The van der Waals surface area contributed by atoms with Gasteiger partial charge in [0.05, 0.1) is 6.04 Å². The van der Waals surface area contributed by atoms with Gasteiger partial charge < -0.3 is 20.4 Å². The van der Waals surface area contributed by atoms with Crippen molar-refractivity contribution in [3.05, 3.63) is 0 Å². The van der Waals surface area contributed by atoms with Gasteiger partial charge in [0.25, 0.3) is 0 Å². The fourth-order valence-electron chi connectivity index (χ4n) is 2.46. The third-order valence-electron chi connectivity index (χ3n) is 3.30. The molecular formula is C12H20N4O3. The summed E-state index contributed by atoms with van der Waals surface area (Å²) in [5.74, 6) is -1.29. The molecule has 0 spiro atoms. The van der Waals surface area contributed by atoms with Gasteiger partial charge in [-0.3, -0.25) is 14.4 Å². The van der Waals surface area contributed by atoms with E-state index < -0.39 is 11.8 Å². The number of hydrogen-bond acceptors (Lipinski definition) is 4. The fourth-order valence-corrected chi connectivity index (χ4v) is 2.46. The molecule has 0 bridgehead atoms. The Kier molecular flexibility index (Phi) is 4.04. The quantitative estimate of drug-likeness (QED) is 0.589. The van der Waals surface area contributed by atoms with Crippen LogP contribution in [0.3, 0.4) is 0 Å². The Labute approximate surface area is 112 Å². The van der Waals surface area contributed by atoms with Gasteiger partial charge in [-0.2, -0.15) is 0 Å². The highest BCUT2D eigenvalue weighted by molar-refractivity contribution is 6.35. The summed E-state index contributed by atoms with van der Waals surface area (Å²) < 4.78 is 0. The first-order valence-electron chi connectivity index (χ1n) is 6.59. The zero-order valence-corrected chi connectivity index (χ0v) is 11.3. The molecule has 106 valence electrons. The topological polar surface area (TPSA) is 81.8 Å². The molecule has 2 N–H and O–H groups in total. The van der Waals surface area contributed by atoms with Crippen LogP contribution in [-0.4, -0.2) is 72.3 Å². The van der Waals surface area contributed by atoms with Gasteiger partial charge in [0.2, 0.25) is 5.91 Å². The van der Waals surface area contributed by atoms with Crippen LogP contribution in [0.2, 0.25) is 0 Å². The Morgan fingerprint density at radius 3 is 2.84 bits per heavy atom. The van der Waals surface area contributed by atoms with Gasteiger partial charge in [0.15, 0.2) is 0 Å². The minimum Gasteiger partial charge on any atom is -0.352 e. The van der Waals surface area contributed by atoms with E-state index in [-0.39, 0.29) is 24.5 Å². The Hall–Kier alpha value is -1.63. The average Bonchev–Trinajstić information content (AvgIpc) is 2.34. The van der Waals surface area contributed by atoms with Crippen molar-refractivity contribution in [2.75, 3.05) is 32.7 Å². The summed E-state index contributed by atoms with van der Waals surface area (Å²) in [6.45, 7) is 6.02. The lowest BCUT2D eigenvalue weighted by Crippen LogP contribution is -2.66. The van der Waals surface area contributed by atoms with E-state index in [1.54, 1.807) is 4.90 Å². The Balaban J connectivity index is 2.00. The molecule has 0 radical (unpaired) electrons. The summed E-state index contributed by atoms with van der Waals surface area (Å²) in [6.07, 6.45) is 0. The highest BCUT2D eigenvalue weighted by atomic mass is 16.2. The lowest BCUT2D eigenvalue weighted by Gasteiger charge is -2.43. The number of carbonyl (C=O) groups is 3. The molecule has 7 nitrogen and oxygen atoms in total. The normalized spacial score (nSPS) is 23.6. The van der Waals surface area contributed by atoms with Gasteiger partial charge in [0.1, 0.15) is 6.54 Å². The van der Waals surface area contributed by atoms with Crippen LogP contribution in [0, 0.1) is 0 Å². The van der Waals surface area contributed by atoms with Crippen molar-refractivity contribution in [2.45, 2.75) is 25.9 Å². The fraction of sp³-hybridized carbons (Fsp3) is 0.750. The molecule has 1 atom stereocenters. The SMILES string of the molecule is CC(C)NC(=O)CN1CC2CNCCN2C(=O)C1=O. The molecular weight excluding hydrogens is 248 g/mol. The van der Waals surface area contributed by atoms with Gasteiger partial charge in [-0.05, 0) is 13.8 Å². The van der Waals surface area contributed by atoms with Gasteiger partial charge in [-0.25, -0.2) is 0 Å². The Bertz CT molecular complexity index is 396. The average molecular weight is 268 g/mol. The van der Waals surface area contributed by atoms with E-state index in [0.717, 1.165) is 0 Å². The third kappa shape index (κ3) is 3.04. The molecule has 2 fully saturated rings. The van der Waals surface area contributed by atoms with Crippen LogP contribution in [0.15, 0.2) is 0 Å². The number of piperazine rings is 2. The maximum atomic E-state index is 11.9. The predicted octanol–water partition coefficient (Wildman–Crippen LogP) is -1.85. The van der Waals surface area contributed by atoms with Crippen molar-refractivity contribution < 1.29 is 14.4 Å². The van der Waals surface area contributed by atoms with Crippen LogP contribution in [-0.2, 0) is 14.4 Å². The maximum Gasteiger partial charge on any atom is 0.312 e. The number of nitrogens with one attached hydrogen (secondary N) is 2. The molecule has 0 aromatic rings. The summed E-state index contributed by atoms with van der Waals surface area (Å²) >= 11 is 0. The van der Waals surface area contributed by atoms with Crippen LogP contribution in [0.4, 0.5) is 0 Å². The molecule has 2 saturated heterocycles. The Morgan fingerprint density at radius 1 is 1.42 bits per heavy atom. The van der Waals surface area contributed by atoms with Crippen molar-refractivity contribution in [3.8, 4) is 0 Å². The molecule has 2 heterocycles. The molecule has 3 amide bonds. The second kappa shape index (κ2) is 5.56. The van der Waals surface area contributed by atoms with E-state index in [4.69, 9.17) is 0 Å². The van der Waals surface area contributed by atoms with Crippen molar-refractivity contribution in [2.24, 2.45) is 0 Å². The first-order valence-corrected chi connectivity index (χ1v) is 6.59. The van der Waals surface area contributed by atoms with E-state index in [0.29, 0.717) is 26.2 Å². The summed E-state index contributed by atoms with van der Waals surface area (Å²) in [5.41, 5.74) is 0. The number of carbonyl (C=O) groups excluding carboxylic acids is 3. The largest absolute Gasteiger partial charge is 0.352 e. The van der Waals surface area contributed by atoms with Gasteiger partial charge in [-0.1, -0.05) is 0 Å². The number of amides is 3. The van der Waals surface area contributed by atoms with Crippen LogP contribution in [0.5, 0.6) is 0 Å². The molecule has 0 aromatic heterocycles. The standard InChI is InChI=1S/C12H20N4O3/c1-8(2)14-10(17)7-15-6-9-5-13-3-4-16(9)12(19)11(15)18/h8-9,13H,3-7H2,1-2H3,(H,14,17). The van der Waals surface area contributed by atoms with Crippen molar-refractivity contribution in [1.29, 1.82) is 0 Å². The number of fused-ring (bicyclic) bond motifs is 1. The van der Waals surface area contributed by atoms with Crippen LogP contribution in [0.25, 0.3) is 0 Å². The van der Waals surface area contributed by atoms with E-state index in [1.165, 1.54) is 4.90 Å². The van der Waals surface area contributed by atoms with Gasteiger partial charge in [0, 0.05) is 32.2 Å². The maximum absolute atomic E-state index is 11.9. The van der Waals surface area contributed by atoms with E-state index in [2.05, 4.69) is 10.6 Å². The zero-order chi connectivity index (χ0) is 14.0. The lowest BCUT2D eigenvalue weighted by atomic mass is 10.1. The minimum absolute atomic E-state index is 0.0224. The summed E-state index contributed by atoms with van der Waals surface area (Å²) in [4.78, 5) is 38.5. The molecule has 0 aromatic carbocycles. The molecule has 2 aliphatic heterocycles. The molecule has 19 heavy (non-hydrogen) atoms. The van der Waals surface area contributed by atoms with Crippen LogP contribution in [0.1, 0.15) is 13.8 Å². The first-order chi connectivity index (χ1) is 8.99. The molecule has 2 aliphatic rings. The van der Waals surface area contributed by atoms with Crippen molar-refractivity contribution in [1.82, 2.24) is 20.4 Å². The summed E-state index contributed by atoms with van der Waals surface area (Å²) in [5, 5.41) is 5.92. The molecule has 0 aliphatic carbocycles. The third-order valence-corrected chi connectivity index (χ3v) is 3.30. The second-order valence-electron chi connectivity index (χ2n) is 5.26. The minimum atomic E-state index is -0.572. The van der Waals surface area contributed by atoms with Crippen molar-refractivity contribution in [3.63, 3.8) is 0 Å². The summed E-state index contributed by atoms with van der Waals surface area (Å²) in [7, 11) is 0. The molecule has 2 rings (SSSR count). The summed E-state index contributed by atoms with van der Waals surface area (Å²) in [6, 6.07) is 0.00161. The monoisotopic (exact) mass is 268 g/mol. The smallest absolute Gasteiger partial charge is 0.312 e. The van der Waals surface area contributed by atoms with E-state index >= 15 is 0 Å². The number of nitrogens with zero attached hydrogens (tertiary/aromatic N) is 2. The van der Waals surface area contributed by atoms with Gasteiger partial charge >= 0.3 is 11.8 Å². The number of hydrogen-bond donors (Lipinski definition) is 2. The zero-order valence-electron chi connectivity index (χ0n) is 11.3. The first kappa shape index (κ1) is 13.8. The van der Waals surface area contributed by atoms with E-state index in [9.17, 15) is 14.4 Å². The Morgan fingerprint density at radius 2 is 2.16 bits per heavy atom. The highest BCUT2D eigenvalue weighted by Crippen LogP contribution is 2.13. The molecule has 7 heteroatoms. The van der Waals surface area contributed by atoms with Crippen LogP contribution < -0.4 is 10.6 Å². The highest BCUT2D eigenvalue weighted by Gasteiger charge is 2.40. The van der Waals surface area contributed by atoms with Crippen LogP contribution >= 0.6 is 0 Å². The van der Waals surface area contributed by atoms with Crippen molar-refractivity contribution >= 4 is 17.7 Å². The molecule has 1 unspecified atom stereocenters. The predicted molar refractivity (Wildman–Crippen MR) is 68.2 cm³/mol. The second-order valence-corrected chi connectivity index (χ2v) is 5.26.